The Morgan fingerprint density at radius 3 is 2.64 bits per heavy atom. The maximum Gasteiger partial charge on any atom is 0.337 e. The van der Waals surface area contributed by atoms with E-state index in [9.17, 15) is 9.59 Å². The molecular weight excluding hydrogens is 356 g/mol. The standard InChI is InChI=1S/C21H20N4O3/c1-13-7-8-14(2)18(11-13)24-19(26)17-9-10-22-21(25-17)23-16-6-4-5-15(12-16)20(27)28-3/h4-12H,1-3H3,(H,24,26)(H,22,23,25). The molecule has 142 valence electrons. The molecule has 0 bridgehead atoms. The second-order valence-electron chi connectivity index (χ2n) is 6.24. The van der Waals surface area contributed by atoms with E-state index in [2.05, 4.69) is 20.6 Å². The summed E-state index contributed by atoms with van der Waals surface area (Å²) >= 11 is 0. The van der Waals surface area contributed by atoms with Crippen LogP contribution in [0.15, 0.2) is 54.7 Å². The molecule has 1 amide bonds. The van der Waals surface area contributed by atoms with Crippen LogP contribution in [0.1, 0.15) is 32.0 Å². The monoisotopic (exact) mass is 376 g/mol. The van der Waals surface area contributed by atoms with E-state index in [0.29, 0.717) is 11.3 Å². The molecule has 0 unspecified atom stereocenters. The number of esters is 1. The molecule has 1 heterocycles. The summed E-state index contributed by atoms with van der Waals surface area (Å²) in [6, 6.07) is 14.1. The van der Waals surface area contributed by atoms with Gasteiger partial charge in [0, 0.05) is 17.6 Å². The van der Waals surface area contributed by atoms with E-state index in [4.69, 9.17) is 4.74 Å². The van der Waals surface area contributed by atoms with Crippen molar-refractivity contribution < 1.29 is 14.3 Å². The van der Waals surface area contributed by atoms with Crippen LogP contribution in [0, 0.1) is 13.8 Å². The third-order valence-electron chi connectivity index (χ3n) is 4.07. The zero-order valence-electron chi connectivity index (χ0n) is 15.8. The predicted molar refractivity (Wildman–Crippen MR) is 107 cm³/mol. The fourth-order valence-electron chi connectivity index (χ4n) is 2.57. The largest absolute Gasteiger partial charge is 0.465 e. The van der Waals surface area contributed by atoms with Gasteiger partial charge in [0.1, 0.15) is 5.69 Å². The zero-order valence-corrected chi connectivity index (χ0v) is 15.8. The van der Waals surface area contributed by atoms with Gasteiger partial charge in [-0.25, -0.2) is 14.8 Å². The van der Waals surface area contributed by atoms with Crippen LogP contribution in [0.2, 0.25) is 0 Å². The highest BCUT2D eigenvalue weighted by Gasteiger charge is 2.12. The van der Waals surface area contributed by atoms with Crippen molar-refractivity contribution in [2.45, 2.75) is 13.8 Å². The molecule has 0 fully saturated rings. The number of rotatable bonds is 5. The molecular formula is C21H20N4O3. The first-order valence-electron chi connectivity index (χ1n) is 8.63. The lowest BCUT2D eigenvalue weighted by molar-refractivity contribution is 0.0600. The number of carbonyl (C=O) groups excluding carboxylic acids is 2. The number of carbonyl (C=O) groups is 2. The van der Waals surface area contributed by atoms with Gasteiger partial charge in [-0.3, -0.25) is 4.79 Å². The molecule has 7 heteroatoms. The molecule has 0 aliphatic rings. The Balaban J connectivity index is 1.78. The molecule has 7 nitrogen and oxygen atoms in total. The highest BCUT2D eigenvalue weighted by Crippen LogP contribution is 2.18. The lowest BCUT2D eigenvalue weighted by Gasteiger charge is -2.10. The van der Waals surface area contributed by atoms with Crippen LogP contribution < -0.4 is 10.6 Å². The number of methoxy groups -OCH3 is 1. The predicted octanol–water partition coefficient (Wildman–Crippen LogP) is 3.88. The van der Waals surface area contributed by atoms with Crippen LogP contribution in [0.5, 0.6) is 0 Å². The van der Waals surface area contributed by atoms with Crippen LogP contribution in [0.4, 0.5) is 17.3 Å². The van der Waals surface area contributed by atoms with Gasteiger partial charge in [0.2, 0.25) is 5.95 Å². The molecule has 3 aromatic rings. The van der Waals surface area contributed by atoms with E-state index >= 15 is 0 Å². The van der Waals surface area contributed by atoms with Crippen molar-refractivity contribution in [1.82, 2.24) is 9.97 Å². The Labute approximate surface area is 162 Å². The molecule has 0 aliphatic heterocycles. The Kier molecular flexibility index (Phi) is 5.64. The molecule has 2 aromatic carbocycles. The smallest absolute Gasteiger partial charge is 0.337 e. The van der Waals surface area contributed by atoms with Gasteiger partial charge >= 0.3 is 5.97 Å². The van der Waals surface area contributed by atoms with Crippen LogP contribution >= 0.6 is 0 Å². The minimum Gasteiger partial charge on any atom is -0.465 e. The van der Waals surface area contributed by atoms with Crippen molar-refractivity contribution in [3.63, 3.8) is 0 Å². The minimum atomic E-state index is -0.439. The topological polar surface area (TPSA) is 93.2 Å². The van der Waals surface area contributed by atoms with Gasteiger partial charge in [0.15, 0.2) is 0 Å². The van der Waals surface area contributed by atoms with Crippen LogP contribution in [0.25, 0.3) is 0 Å². The van der Waals surface area contributed by atoms with E-state index in [0.717, 1.165) is 16.8 Å². The molecule has 0 saturated carbocycles. The molecule has 1 aromatic heterocycles. The maximum atomic E-state index is 12.6. The number of aromatic nitrogens is 2. The quantitative estimate of drug-likeness (QED) is 0.657. The Bertz CT molecular complexity index is 1030. The van der Waals surface area contributed by atoms with Crippen molar-refractivity contribution in [1.29, 1.82) is 0 Å². The summed E-state index contributed by atoms with van der Waals surface area (Å²) in [5.41, 5.74) is 3.99. The van der Waals surface area contributed by atoms with E-state index in [1.54, 1.807) is 24.3 Å². The summed E-state index contributed by atoms with van der Waals surface area (Å²) in [4.78, 5) is 32.6. The van der Waals surface area contributed by atoms with Crippen LogP contribution in [-0.2, 0) is 4.74 Å². The SMILES string of the molecule is COC(=O)c1cccc(Nc2nccc(C(=O)Nc3cc(C)ccc3C)n2)c1. The normalized spacial score (nSPS) is 10.2. The highest BCUT2D eigenvalue weighted by atomic mass is 16.5. The van der Waals surface area contributed by atoms with Gasteiger partial charge in [0.05, 0.1) is 12.7 Å². The third-order valence-corrected chi connectivity index (χ3v) is 4.07. The molecule has 28 heavy (non-hydrogen) atoms. The number of hydrogen-bond acceptors (Lipinski definition) is 6. The van der Waals surface area contributed by atoms with Crippen molar-refractivity contribution in [2.24, 2.45) is 0 Å². The molecule has 2 N–H and O–H groups in total. The molecule has 0 radical (unpaired) electrons. The molecule has 0 aliphatic carbocycles. The fourth-order valence-corrected chi connectivity index (χ4v) is 2.57. The molecule has 3 rings (SSSR count). The van der Waals surface area contributed by atoms with Gasteiger partial charge in [0.25, 0.3) is 5.91 Å². The van der Waals surface area contributed by atoms with Gasteiger partial charge in [-0.2, -0.15) is 0 Å². The van der Waals surface area contributed by atoms with E-state index < -0.39 is 5.97 Å². The van der Waals surface area contributed by atoms with Gasteiger partial charge < -0.3 is 15.4 Å². The lowest BCUT2D eigenvalue weighted by Crippen LogP contribution is -2.15. The number of nitrogens with one attached hydrogen (secondary N) is 2. The number of aryl methyl sites for hydroxylation is 2. The van der Waals surface area contributed by atoms with E-state index in [1.165, 1.54) is 19.4 Å². The summed E-state index contributed by atoms with van der Waals surface area (Å²) in [6.45, 7) is 3.89. The number of ether oxygens (including phenoxy) is 1. The average molecular weight is 376 g/mol. The minimum absolute atomic E-state index is 0.225. The fraction of sp³-hybridized carbons (Fsp3) is 0.143. The Morgan fingerprint density at radius 1 is 1.04 bits per heavy atom. The number of hydrogen-bond donors (Lipinski definition) is 2. The van der Waals surface area contributed by atoms with Crippen molar-refractivity contribution in [2.75, 3.05) is 17.7 Å². The number of nitrogens with zero attached hydrogens (tertiary/aromatic N) is 2. The summed E-state index contributed by atoms with van der Waals surface area (Å²) in [7, 11) is 1.32. The summed E-state index contributed by atoms with van der Waals surface area (Å²) in [5.74, 6) is -0.524. The third kappa shape index (κ3) is 4.50. The van der Waals surface area contributed by atoms with E-state index in [1.807, 2.05) is 32.0 Å². The Hall–Kier alpha value is -3.74. The number of anilines is 3. The highest BCUT2D eigenvalue weighted by molar-refractivity contribution is 6.03. The number of amides is 1. The van der Waals surface area contributed by atoms with Crippen LogP contribution in [0.3, 0.4) is 0 Å². The summed E-state index contributed by atoms with van der Waals surface area (Å²) in [6.07, 6.45) is 1.50. The second kappa shape index (κ2) is 8.30. The summed E-state index contributed by atoms with van der Waals surface area (Å²) < 4.78 is 4.72. The first-order chi connectivity index (χ1) is 13.5. The second-order valence-corrected chi connectivity index (χ2v) is 6.24. The molecule has 0 saturated heterocycles. The summed E-state index contributed by atoms with van der Waals surface area (Å²) in [5, 5.41) is 5.86. The molecule has 0 atom stereocenters. The maximum absolute atomic E-state index is 12.6. The van der Waals surface area contributed by atoms with Gasteiger partial charge in [-0.15, -0.1) is 0 Å². The van der Waals surface area contributed by atoms with Crippen molar-refractivity contribution in [3.8, 4) is 0 Å². The van der Waals surface area contributed by atoms with Crippen LogP contribution in [-0.4, -0.2) is 29.0 Å². The average Bonchev–Trinajstić information content (AvgIpc) is 2.70. The zero-order chi connectivity index (χ0) is 20.1. The first-order valence-corrected chi connectivity index (χ1v) is 8.63. The first kappa shape index (κ1) is 19.0. The van der Waals surface area contributed by atoms with Crippen molar-refractivity contribution >= 4 is 29.2 Å². The van der Waals surface area contributed by atoms with Gasteiger partial charge in [-0.1, -0.05) is 18.2 Å². The van der Waals surface area contributed by atoms with Gasteiger partial charge in [-0.05, 0) is 55.3 Å². The Morgan fingerprint density at radius 2 is 1.86 bits per heavy atom. The van der Waals surface area contributed by atoms with E-state index in [-0.39, 0.29) is 17.5 Å². The number of benzene rings is 2. The molecule has 0 spiro atoms. The lowest BCUT2D eigenvalue weighted by atomic mass is 10.1. The van der Waals surface area contributed by atoms with Crippen molar-refractivity contribution in [3.05, 3.63) is 77.1 Å².